The van der Waals surface area contributed by atoms with Gasteiger partial charge in [-0.1, -0.05) is 64.7 Å². The molecule has 0 bridgehead atoms. The maximum absolute atomic E-state index is 6.74. The first-order valence-corrected chi connectivity index (χ1v) is 16.3. The molecule has 3 rings (SSSR count). The summed E-state index contributed by atoms with van der Waals surface area (Å²) in [5, 5.41) is 5.25. The van der Waals surface area contributed by atoms with Gasteiger partial charge in [0, 0.05) is 29.8 Å². The molecule has 2 atom stereocenters. The molecule has 0 amide bonds. The fraction of sp³-hybridized carbons (Fsp3) is 0.536. The lowest BCUT2D eigenvalue weighted by atomic mass is 9.86. The number of hydrogen-bond acceptors (Lipinski definition) is 5. The van der Waals surface area contributed by atoms with Gasteiger partial charge in [-0.25, -0.2) is 9.97 Å². The molecule has 6 nitrogen and oxygen atoms in total. The molecule has 2 aromatic heterocycles. The molecule has 0 saturated heterocycles. The van der Waals surface area contributed by atoms with Crippen LogP contribution < -0.4 is 4.74 Å². The minimum absolute atomic E-state index is 0.102. The molecular weight excluding hydrogens is 523 g/mol. The van der Waals surface area contributed by atoms with Crippen LogP contribution in [0.3, 0.4) is 0 Å². The molecule has 2 heterocycles. The summed E-state index contributed by atoms with van der Waals surface area (Å²) in [7, 11) is -0.125. The van der Waals surface area contributed by atoms with E-state index in [0.29, 0.717) is 33.0 Å². The van der Waals surface area contributed by atoms with Gasteiger partial charge >= 0.3 is 0 Å². The second-order valence-electron chi connectivity index (χ2n) is 12.3. The Bertz CT molecular complexity index is 1260. The first-order valence-electron chi connectivity index (χ1n) is 12.6. The lowest BCUT2D eigenvalue weighted by Crippen LogP contribution is -2.50. The SMILES string of the molecule is Cc1c(Cl)nc(-c2cc(OC(C(C)O[Si](C)(C)C(C)(C)C)C(C)(C)C)ccc2Cl)nc1-c1ccnn1C. The van der Waals surface area contributed by atoms with E-state index in [4.69, 9.17) is 37.3 Å². The van der Waals surface area contributed by atoms with Crippen molar-refractivity contribution < 1.29 is 9.16 Å². The van der Waals surface area contributed by atoms with Gasteiger partial charge in [-0.2, -0.15) is 5.10 Å². The van der Waals surface area contributed by atoms with Gasteiger partial charge in [-0.15, -0.1) is 0 Å². The van der Waals surface area contributed by atoms with Gasteiger partial charge in [0.05, 0.1) is 22.5 Å². The number of aromatic nitrogens is 4. The molecule has 37 heavy (non-hydrogen) atoms. The van der Waals surface area contributed by atoms with Gasteiger partial charge in [-0.05, 0) is 56.2 Å². The number of aryl methyl sites for hydroxylation is 1. The standard InChI is InChI=1S/C28H40Cl2N4O2Si/c1-17-23(22-14-15-31-34(22)9)32-26(33-25(17)30)20-16-19(12-13-21(20)29)35-24(27(3,4)5)18(2)36-37(10,11)28(6,7)8/h12-16,18,24H,1-11H3. The van der Waals surface area contributed by atoms with Crippen LogP contribution in [0.25, 0.3) is 22.8 Å². The van der Waals surface area contributed by atoms with Crippen molar-refractivity contribution in [2.45, 2.75) is 85.7 Å². The number of rotatable bonds is 7. The fourth-order valence-electron chi connectivity index (χ4n) is 4.04. The molecular formula is C28H40Cl2N4O2Si. The third kappa shape index (κ3) is 6.56. The van der Waals surface area contributed by atoms with E-state index < -0.39 is 8.32 Å². The Morgan fingerprint density at radius 2 is 1.65 bits per heavy atom. The Morgan fingerprint density at radius 1 is 1.00 bits per heavy atom. The van der Waals surface area contributed by atoms with E-state index in [-0.39, 0.29) is 22.7 Å². The summed E-state index contributed by atoms with van der Waals surface area (Å²) in [6, 6.07) is 7.47. The van der Waals surface area contributed by atoms with Gasteiger partial charge in [0.2, 0.25) is 0 Å². The van der Waals surface area contributed by atoms with Crippen LogP contribution in [0.4, 0.5) is 0 Å². The molecule has 0 fully saturated rings. The van der Waals surface area contributed by atoms with Crippen molar-refractivity contribution in [2.24, 2.45) is 12.5 Å². The maximum Gasteiger partial charge on any atom is 0.192 e. The van der Waals surface area contributed by atoms with Gasteiger partial charge in [0.25, 0.3) is 0 Å². The Kier molecular flexibility index (Phi) is 8.55. The lowest BCUT2D eigenvalue weighted by Gasteiger charge is -2.43. The third-order valence-corrected chi connectivity index (χ3v) is 12.4. The zero-order chi connectivity index (χ0) is 27.9. The number of ether oxygens (including phenoxy) is 1. The summed E-state index contributed by atoms with van der Waals surface area (Å²) in [4.78, 5) is 9.38. The molecule has 0 saturated carbocycles. The van der Waals surface area contributed by atoms with Crippen molar-refractivity contribution in [1.29, 1.82) is 0 Å². The van der Waals surface area contributed by atoms with Crippen LogP contribution >= 0.6 is 23.2 Å². The lowest BCUT2D eigenvalue weighted by molar-refractivity contribution is -0.0110. The van der Waals surface area contributed by atoms with Crippen molar-refractivity contribution in [3.63, 3.8) is 0 Å². The van der Waals surface area contributed by atoms with Gasteiger partial charge < -0.3 is 9.16 Å². The topological polar surface area (TPSA) is 62.1 Å². The Labute approximate surface area is 232 Å². The highest BCUT2D eigenvalue weighted by atomic mass is 35.5. The second kappa shape index (κ2) is 10.7. The molecule has 202 valence electrons. The quantitative estimate of drug-likeness (QED) is 0.214. The summed E-state index contributed by atoms with van der Waals surface area (Å²) >= 11 is 13.2. The predicted molar refractivity (Wildman–Crippen MR) is 156 cm³/mol. The Hall–Kier alpha value is -1.93. The molecule has 0 aliphatic heterocycles. The van der Waals surface area contributed by atoms with Crippen molar-refractivity contribution in [2.75, 3.05) is 0 Å². The van der Waals surface area contributed by atoms with Crippen LogP contribution in [0.5, 0.6) is 5.75 Å². The van der Waals surface area contributed by atoms with Crippen LogP contribution in [-0.2, 0) is 11.5 Å². The number of halogens is 2. The fourth-order valence-corrected chi connectivity index (χ4v) is 5.82. The first-order chi connectivity index (χ1) is 16.9. The molecule has 2 unspecified atom stereocenters. The molecule has 0 aliphatic carbocycles. The zero-order valence-electron chi connectivity index (χ0n) is 23.9. The van der Waals surface area contributed by atoms with Gasteiger partial charge in [-0.3, -0.25) is 4.68 Å². The number of nitrogens with zero attached hydrogens (tertiary/aromatic N) is 4. The highest BCUT2D eigenvalue weighted by Gasteiger charge is 2.42. The van der Waals surface area contributed by atoms with E-state index in [1.54, 1.807) is 10.9 Å². The monoisotopic (exact) mass is 562 g/mol. The summed E-state index contributed by atoms with van der Waals surface area (Å²) in [5.74, 6) is 1.10. The van der Waals surface area contributed by atoms with E-state index in [1.807, 2.05) is 38.2 Å². The van der Waals surface area contributed by atoms with E-state index in [9.17, 15) is 0 Å². The minimum atomic E-state index is -1.99. The summed E-state index contributed by atoms with van der Waals surface area (Å²) in [6.45, 7) is 21.8. The first kappa shape index (κ1) is 29.6. The summed E-state index contributed by atoms with van der Waals surface area (Å²) in [6.07, 6.45) is 1.43. The number of hydrogen-bond donors (Lipinski definition) is 0. The van der Waals surface area contributed by atoms with Crippen LogP contribution in [0.15, 0.2) is 30.5 Å². The minimum Gasteiger partial charge on any atom is -0.487 e. The van der Waals surface area contributed by atoms with Crippen molar-refractivity contribution in [3.05, 3.63) is 46.2 Å². The normalized spacial score (nSPS) is 14.5. The van der Waals surface area contributed by atoms with Gasteiger partial charge in [0.1, 0.15) is 17.0 Å². The predicted octanol–water partition coefficient (Wildman–Crippen LogP) is 8.36. The average Bonchev–Trinajstić information content (AvgIpc) is 3.18. The maximum atomic E-state index is 6.74. The zero-order valence-corrected chi connectivity index (χ0v) is 26.4. The smallest absolute Gasteiger partial charge is 0.192 e. The third-order valence-electron chi connectivity index (χ3n) is 7.16. The Morgan fingerprint density at radius 3 is 2.19 bits per heavy atom. The highest BCUT2D eigenvalue weighted by molar-refractivity contribution is 6.74. The molecule has 0 spiro atoms. The van der Waals surface area contributed by atoms with Crippen LogP contribution in [-0.4, -0.2) is 40.3 Å². The summed E-state index contributed by atoms with van der Waals surface area (Å²) in [5.41, 5.74) is 2.81. The summed E-state index contributed by atoms with van der Waals surface area (Å²) < 4.78 is 15.1. The highest BCUT2D eigenvalue weighted by Crippen LogP contribution is 2.40. The van der Waals surface area contributed by atoms with Crippen molar-refractivity contribution in [1.82, 2.24) is 19.7 Å². The number of benzene rings is 1. The van der Waals surface area contributed by atoms with E-state index >= 15 is 0 Å². The second-order valence-corrected chi connectivity index (χ2v) is 17.8. The van der Waals surface area contributed by atoms with Crippen LogP contribution in [0.1, 0.15) is 54.0 Å². The van der Waals surface area contributed by atoms with Gasteiger partial charge in [0.15, 0.2) is 14.1 Å². The molecule has 0 radical (unpaired) electrons. The molecule has 0 N–H and O–H groups in total. The largest absolute Gasteiger partial charge is 0.487 e. The molecule has 0 aliphatic rings. The van der Waals surface area contributed by atoms with E-state index in [0.717, 1.165) is 11.3 Å². The molecule has 1 aromatic carbocycles. The van der Waals surface area contributed by atoms with Crippen molar-refractivity contribution >= 4 is 31.5 Å². The molecule has 9 heteroatoms. The average molecular weight is 564 g/mol. The molecule has 3 aromatic rings. The van der Waals surface area contributed by atoms with Crippen LogP contribution in [0.2, 0.25) is 28.3 Å². The van der Waals surface area contributed by atoms with Crippen molar-refractivity contribution in [3.8, 4) is 28.5 Å². The van der Waals surface area contributed by atoms with E-state index in [2.05, 4.69) is 71.6 Å². The van der Waals surface area contributed by atoms with E-state index in [1.165, 1.54) is 0 Å². The Balaban J connectivity index is 2.00. The van der Waals surface area contributed by atoms with Crippen LogP contribution in [0, 0.1) is 12.3 Å².